The molecule has 1 saturated carbocycles. The molecule has 0 radical (unpaired) electrons. The van der Waals surface area contributed by atoms with Crippen molar-refractivity contribution in [1.82, 2.24) is 14.2 Å². The second kappa shape index (κ2) is 10.8. The first kappa shape index (κ1) is 25.3. The van der Waals surface area contributed by atoms with E-state index in [1.54, 1.807) is 24.3 Å². The number of nitrogens with zero attached hydrogens (tertiary/aromatic N) is 3. The number of pyridine rings is 1. The SMILES string of the molecule is CN1CCN(S(=O)(=O)c2ccc(C(CC3CCCC3)C(=O)Nc3ccc(C(=O)O)cn3)cc2)CC1. The van der Waals surface area contributed by atoms with Crippen molar-refractivity contribution in [3.05, 3.63) is 53.7 Å². The lowest BCUT2D eigenvalue weighted by molar-refractivity contribution is -0.118. The van der Waals surface area contributed by atoms with E-state index < -0.39 is 21.9 Å². The molecular formula is C25H32N4O5S. The Hall–Kier alpha value is -2.82. The van der Waals surface area contributed by atoms with Gasteiger partial charge in [0, 0.05) is 32.4 Å². The minimum Gasteiger partial charge on any atom is -0.478 e. The van der Waals surface area contributed by atoms with Gasteiger partial charge in [-0.3, -0.25) is 4.79 Å². The van der Waals surface area contributed by atoms with Crippen LogP contribution in [0, 0.1) is 5.92 Å². The Labute approximate surface area is 206 Å². The van der Waals surface area contributed by atoms with Gasteiger partial charge in [-0.05, 0) is 49.2 Å². The molecule has 1 aromatic carbocycles. The molecule has 1 unspecified atom stereocenters. The largest absolute Gasteiger partial charge is 0.478 e. The fraction of sp³-hybridized carbons (Fsp3) is 0.480. The van der Waals surface area contributed by atoms with Crippen LogP contribution in [0.15, 0.2) is 47.5 Å². The van der Waals surface area contributed by atoms with E-state index in [4.69, 9.17) is 5.11 Å². The summed E-state index contributed by atoms with van der Waals surface area (Å²) in [6.07, 6.45) is 6.33. The van der Waals surface area contributed by atoms with Gasteiger partial charge in [-0.25, -0.2) is 18.2 Å². The Balaban J connectivity index is 1.53. The zero-order chi connectivity index (χ0) is 25.0. The summed E-state index contributed by atoms with van der Waals surface area (Å²) < 4.78 is 27.7. The fourth-order valence-corrected chi connectivity index (χ4v) is 6.25. The van der Waals surface area contributed by atoms with Gasteiger partial charge in [-0.15, -0.1) is 0 Å². The van der Waals surface area contributed by atoms with E-state index in [1.807, 2.05) is 7.05 Å². The molecule has 4 rings (SSSR count). The molecule has 2 aliphatic rings. The highest BCUT2D eigenvalue weighted by Gasteiger charge is 2.30. The molecule has 2 fully saturated rings. The van der Waals surface area contributed by atoms with Gasteiger partial charge in [0.05, 0.1) is 16.4 Å². The van der Waals surface area contributed by atoms with Gasteiger partial charge in [0.25, 0.3) is 0 Å². The molecule has 1 aliphatic heterocycles. The predicted molar refractivity (Wildman–Crippen MR) is 132 cm³/mol. The van der Waals surface area contributed by atoms with Crippen molar-refractivity contribution in [3.8, 4) is 0 Å². The average molecular weight is 501 g/mol. The standard InChI is InChI=1S/C25H32N4O5S/c1-28-12-14-29(15-13-28)35(33,34)21-9-6-19(7-10-21)22(16-18-4-2-3-5-18)24(30)27-23-11-8-20(17-26-23)25(31)32/h6-11,17-18,22H,2-5,12-16H2,1H3,(H,31,32)(H,26,27,30). The number of carboxylic acids is 1. The topological polar surface area (TPSA) is 120 Å². The van der Waals surface area contributed by atoms with Crippen LogP contribution in [0.2, 0.25) is 0 Å². The van der Waals surface area contributed by atoms with Crippen LogP contribution in [-0.2, 0) is 14.8 Å². The minimum absolute atomic E-state index is 0.0441. The molecule has 0 bridgehead atoms. The quantitative estimate of drug-likeness (QED) is 0.572. The molecule has 1 atom stereocenters. The Morgan fingerprint density at radius 3 is 2.29 bits per heavy atom. The van der Waals surface area contributed by atoms with Crippen molar-refractivity contribution < 1.29 is 23.1 Å². The number of carbonyl (C=O) groups is 2. The number of carboxylic acid groups (broad SMARTS) is 1. The molecule has 2 N–H and O–H groups in total. The minimum atomic E-state index is -3.58. The summed E-state index contributed by atoms with van der Waals surface area (Å²) in [5.74, 6) is -1.06. The second-order valence-corrected chi connectivity index (χ2v) is 11.4. The molecule has 1 saturated heterocycles. The number of hydrogen-bond donors (Lipinski definition) is 2. The number of sulfonamides is 1. The van der Waals surface area contributed by atoms with Gasteiger partial charge < -0.3 is 15.3 Å². The third-order valence-corrected chi connectivity index (χ3v) is 8.92. The van der Waals surface area contributed by atoms with Crippen molar-refractivity contribution in [2.24, 2.45) is 5.92 Å². The summed E-state index contributed by atoms with van der Waals surface area (Å²) in [4.78, 5) is 30.7. The number of carbonyl (C=O) groups excluding carboxylic acids is 1. The Kier molecular flexibility index (Phi) is 7.83. The van der Waals surface area contributed by atoms with E-state index >= 15 is 0 Å². The van der Waals surface area contributed by atoms with Crippen LogP contribution < -0.4 is 5.32 Å². The van der Waals surface area contributed by atoms with Crippen LogP contribution in [0.3, 0.4) is 0 Å². The van der Waals surface area contributed by atoms with E-state index in [0.717, 1.165) is 31.2 Å². The van der Waals surface area contributed by atoms with Gasteiger partial charge in [-0.2, -0.15) is 4.31 Å². The maximum absolute atomic E-state index is 13.3. The van der Waals surface area contributed by atoms with Gasteiger partial charge in [-0.1, -0.05) is 37.8 Å². The van der Waals surface area contributed by atoms with Gasteiger partial charge >= 0.3 is 5.97 Å². The Morgan fingerprint density at radius 2 is 1.71 bits per heavy atom. The first-order valence-electron chi connectivity index (χ1n) is 12.0. The van der Waals surface area contributed by atoms with E-state index in [2.05, 4.69) is 15.2 Å². The van der Waals surface area contributed by atoms with E-state index in [9.17, 15) is 18.0 Å². The summed E-state index contributed by atoms with van der Waals surface area (Å²) in [6, 6.07) is 9.54. The molecular weight excluding hydrogens is 468 g/mol. The molecule has 1 amide bonds. The van der Waals surface area contributed by atoms with E-state index in [0.29, 0.717) is 38.5 Å². The molecule has 0 spiro atoms. The summed E-state index contributed by atoms with van der Waals surface area (Å²) in [5, 5.41) is 11.9. The number of aromatic nitrogens is 1. The number of benzene rings is 1. The lowest BCUT2D eigenvalue weighted by atomic mass is 9.87. The zero-order valence-corrected chi connectivity index (χ0v) is 20.7. The van der Waals surface area contributed by atoms with Crippen molar-refractivity contribution in [1.29, 1.82) is 0 Å². The summed E-state index contributed by atoms with van der Waals surface area (Å²) in [6.45, 7) is 2.31. The van der Waals surface area contributed by atoms with Gasteiger partial charge in [0.1, 0.15) is 5.82 Å². The Morgan fingerprint density at radius 1 is 1.06 bits per heavy atom. The molecule has 10 heteroatoms. The number of piperazine rings is 1. The van der Waals surface area contributed by atoms with Crippen molar-refractivity contribution in [3.63, 3.8) is 0 Å². The first-order chi connectivity index (χ1) is 16.7. The van der Waals surface area contributed by atoms with Crippen LogP contribution in [0.25, 0.3) is 0 Å². The number of rotatable bonds is 8. The van der Waals surface area contributed by atoms with Crippen LogP contribution in [-0.4, -0.2) is 72.8 Å². The molecule has 2 heterocycles. The highest BCUT2D eigenvalue weighted by atomic mass is 32.2. The maximum atomic E-state index is 13.3. The molecule has 1 aromatic heterocycles. The lowest BCUT2D eigenvalue weighted by Crippen LogP contribution is -2.47. The van der Waals surface area contributed by atoms with E-state index in [1.165, 1.54) is 22.6 Å². The van der Waals surface area contributed by atoms with Crippen molar-refractivity contribution in [2.75, 3.05) is 38.5 Å². The summed E-state index contributed by atoms with van der Waals surface area (Å²) >= 11 is 0. The number of amides is 1. The normalized spacial score (nSPS) is 18.9. The van der Waals surface area contributed by atoms with Crippen molar-refractivity contribution in [2.45, 2.75) is 42.9 Å². The maximum Gasteiger partial charge on any atom is 0.337 e. The predicted octanol–water partition coefficient (Wildman–Crippen LogP) is 3.02. The third-order valence-electron chi connectivity index (χ3n) is 7.00. The summed E-state index contributed by atoms with van der Waals surface area (Å²) in [5.41, 5.74) is 0.802. The molecule has 188 valence electrons. The highest BCUT2D eigenvalue weighted by Crippen LogP contribution is 2.35. The van der Waals surface area contributed by atoms with Crippen LogP contribution in [0.4, 0.5) is 5.82 Å². The van der Waals surface area contributed by atoms with E-state index in [-0.39, 0.29) is 22.2 Å². The third kappa shape index (κ3) is 6.06. The van der Waals surface area contributed by atoms with Gasteiger partial charge in [0.2, 0.25) is 15.9 Å². The molecule has 1 aliphatic carbocycles. The first-order valence-corrected chi connectivity index (χ1v) is 13.5. The van der Waals surface area contributed by atoms with Crippen LogP contribution in [0.5, 0.6) is 0 Å². The highest BCUT2D eigenvalue weighted by molar-refractivity contribution is 7.89. The zero-order valence-electron chi connectivity index (χ0n) is 19.9. The van der Waals surface area contributed by atoms with Gasteiger partial charge in [0.15, 0.2) is 0 Å². The number of anilines is 1. The molecule has 9 nitrogen and oxygen atoms in total. The molecule has 2 aromatic rings. The molecule has 35 heavy (non-hydrogen) atoms. The monoisotopic (exact) mass is 500 g/mol. The number of likely N-dealkylation sites (N-methyl/N-ethyl adjacent to an activating group) is 1. The number of aromatic carboxylic acids is 1. The Bertz CT molecular complexity index is 1140. The fourth-order valence-electron chi connectivity index (χ4n) is 4.83. The average Bonchev–Trinajstić information content (AvgIpc) is 3.36. The smallest absolute Gasteiger partial charge is 0.337 e. The van der Waals surface area contributed by atoms with Crippen LogP contribution in [0.1, 0.15) is 53.9 Å². The number of nitrogens with one attached hydrogen (secondary N) is 1. The summed E-state index contributed by atoms with van der Waals surface area (Å²) in [7, 11) is -1.61. The second-order valence-electron chi connectivity index (χ2n) is 9.44. The number of hydrogen-bond acceptors (Lipinski definition) is 6. The van der Waals surface area contributed by atoms with Crippen LogP contribution >= 0.6 is 0 Å². The van der Waals surface area contributed by atoms with Crippen molar-refractivity contribution >= 4 is 27.7 Å². The lowest BCUT2D eigenvalue weighted by Gasteiger charge is -2.31.